The average molecular weight is 287 g/mol. The maximum atomic E-state index is 11.6. The van der Waals surface area contributed by atoms with Crippen LogP contribution in [0.5, 0.6) is 0 Å². The minimum atomic E-state index is -3.12. The predicted octanol–water partition coefficient (Wildman–Crippen LogP) is 0.839. The highest BCUT2D eigenvalue weighted by molar-refractivity contribution is 7.88. The molecule has 0 N–H and O–H groups in total. The number of likely N-dealkylation sites (N-methyl/N-ethyl adjacent to an activating group) is 1. The number of likely N-dealkylation sites (tertiary alicyclic amines) is 1. The molecule has 7 heteroatoms. The van der Waals surface area contributed by atoms with Gasteiger partial charge >= 0.3 is 0 Å². The molecule has 2 rings (SSSR count). The van der Waals surface area contributed by atoms with Gasteiger partial charge in [-0.2, -0.15) is 0 Å². The topological polar surface area (TPSA) is 66.7 Å². The fourth-order valence-corrected chi connectivity index (χ4v) is 3.17. The third kappa shape index (κ3) is 3.77. The molecule has 19 heavy (non-hydrogen) atoms. The smallest absolute Gasteiger partial charge is 0.211 e. The van der Waals surface area contributed by atoms with Crippen LogP contribution in [0.15, 0.2) is 10.6 Å². The van der Waals surface area contributed by atoms with Crippen molar-refractivity contribution in [3.63, 3.8) is 0 Å². The molecule has 108 valence electrons. The molecule has 1 fully saturated rings. The molecule has 0 amide bonds. The number of nitrogens with zero attached hydrogens (tertiary/aromatic N) is 3. The zero-order valence-corrected chi connectivity index (χ0v) is 12.5. The monoisotopic (exact) mass is 287 g/mol. The van der Waals surface area contributed by atoms with Crippen LogP contribution in [-0.4, -0.2) is 55.2 Å². The van der Waals surface area contributed by atoms with E-state index in [4.69, 9.17) is 4.52 Å². The second kappa shape index (κ2) is 5.60. The molecular weight excluding hydrogens is 266 g/mol. The molecule has 1 aromatic heterocycles. The SMILES string of the molecule is Cc1cc(CN2CCCC(N(C)S(C)(=O)=O)C2)on1. The number of hydrogen-bond donors (Lipinski definition) is 0. The van der Waals surface area contributed by atoms with Gasteiger partial charge in [0.05, 0.1) is 18.5 Å². The van der Waals surface area contributed by atoms with Gasteiger partial charge in [0.2, 0.25) is 10.0 Å². The summed E-state index contributed by atoms with van der Waals surface area (Å²) in [5.41, 5.74) is 0.872. The molecule has 0 spiro atoms. The van der Waals surface area contributed by atoms with Crippen molar-refractivity contribution in [2.24, 2.45) is 0 Å². The van der Waals surface area contributed by atoms with Gasteiger partial charge in [0, 0.05) is 25.7 Å². The largest absolute Gasteiger partial charge is 0.360 e. The van der Waals surface area contributed by atoms with E-state index in [1.54, 1.807) is 7.05 Å². The van der Waals surface area contributed by atoms with Crippen molar-refractivity contribution >= 4 is 10.0 Å². The molecule has 0 aliphatic carbocycles. The first-order valence-electron chi connectivity index (χ1n) is 6.44. The first kappa shape index (κ1) is 14.5. The molecule has 2 heterocycles. The van der Waals surface area contributed by atoms with Crippen LogP contribution in [0.1, 0.15) is 24.3 Å². The van der Waals surface area contributed by atoms with Crippen LogP contribution in [0, 0.1) is 6.92 Å². The normalized spacial score (nSPS) is 22.0. The zero-order chi connectivity index (χ0) is 14.0. The summed E-state index contributed by atoms with van der Waals surface area (Å²) in [6, 6.07) is 1.97. The summed E-state index contributed by atoms with van der Waals surface area (Å²) in [5, 5.41) is 3.87. The number of aryl methyl sites for hydroxylation is 1. The lowest BCUT2D eigenvalue weighted by molar-refractivity contribution is 0.141. The highest BCUT2D eigenvalue weighted by atomic mass is 32.2. The summed E-state index contributed by atoms with van der Waals surface area (Å²) in [5.74, 6) is 0.833. The molecular formula is C12H21N3O3S. The van der Waals surface area contributed by atoms with Gasteiger partial charge in [0.25, 0.3) is 0 Å². The number of aromatic nitrogens is 1. The molecule has 0 saturated carbocycles. The van der Waals surface area contributed by atoms with Crippen molar-refractivity contribution < 1.29 is 12.9 Å². The van der Waals surface area contributed by atoms with E-state index in [1.807, 2.05) is 13.0 Å². The summed E-state index contributed by atoms with van der Waals surface area (Å²) in [6.45, 7) is 4.29. The molecule has 1 unspecified atom stereocenters. The fraction of sp³-hybridized carbons (Fsp3) is 0.750. The van der Waals surface area contributed by atoms with Crippen LogP contribution < -0.4 is 0 Å². The Kier molecular flexibility index (Phi) is 4.27. The second-order valence-corrected chi connectivity index (χ2v) is 7.29. The van der Waals surface area contributed by atoms with E-state index in [2.05, 4.69) is 10.1 Å². The minimum absolute atomic E-state index is 0.0489. The van der Waals surface area contributed by atoms with Crippen LogP contribution in [0.4, 0.5) is 0 Å². The summed E-state index contributed by atoms with van der Waals surface area (Å²) in [4.78, 5) is 2.22. The Morgan fingerprint density at radius 3 is 2.89 bits per heavy atom. The van der Waals surface area contributed by atoms with E-state index >= 15 is 0 Å². The number of rotatable bonds is 4. The van der Waals surface area contributed by atoms with Crippen molar-refractivity contribution in [3.05, 3.63) is 17.5 Å². The Labute approximate surface area is 114 Å². The van der Waals surface area contributed by atoms with Gasteiger partial charge in [-0.1, -0.05) is 5.16 Å². The van der Waals surface area contributed by atoms with Gasteiger partial charge in [-0.15, -0.1) is 0 Å². The summed E-state index contributed by atoms with van der Waals surface area (Å²) < 4.78 is 29.8. The van der Waals surface area contributed by atoms with E-state index in [0.717, 1.165) is 37.4 Å². The Bertz CT molecular complexity index is 526. The molecule has 0 radical (unpaired) electrons. The standard InChI is InChI=1S/C12H21N3O3S/c1-10-7-12(18-13-10)9-15-6-4-5-11(8-15)14(2)19(3,16)17/h7,11H,4-6,8-9H2,1-3H3. The summed E-state index contributed by atoms with van der Waals surface area (Å²) in [6.07, 6.45) is 3.17. The molecule has 1 atom stereocenters. The highest BCUT2D eigenvalue weighted by Gasteiger charge is 2.28. The highest BCUT2D eigenvalue weighted by Crippen LogP contribution is 2.19. The first-order valence-corrected chi connectivity index (χ1v) is 8.28. The lowest BCUT2D eigenvalue weighted by Crippen LogP contribution is -2.47. The van der Waals surface area contributed by atoms with Crippen molar-refractivity contribution in [2.45, 2.75) is 32.4 Å². The number of hydrogen-bond acceptors (Lipinski definition) is 5. The van der Waals surface area contributed by atoms with Gasteiger partial charge in [-0.05, 0) is 26.3 Å². The van der Waals surface area contributed by atoms with E-state index < -0.39 is 10.0 Å². The summed E-state index contributed by atoms with van der Waals surface area (Å²) >= 11 is 0. The molecule has 6 nitrogen and oxygen atoms in total. The number of piperidine rings is 1. The van der Waals surface area contributed by atoms with Crippen LogP contribution in [0.25, 0.3) is 0 Å². The molecule has 0 aromatic carbocycles. The van der Waals surface area contributed by atoms with E-state index in [0.29, 0.717) is 6.54 Å². The third-order valence-electron chi connectivity index (χ3n) is 3.57. The Morgan fingerprint density at radius 1 is 1.58 bits per heavy atom. The van der Waals surface area contributed by atoms with Crippen molar-refractivity contribution in [3.8, 4) is 0 Å². The van der Waals surface area contributed by atoms with Crippen molar-refractivity contribution in [2.75, 3.05) is 26.4 Å². The van der Waals surface area contributed by atoms with Crippen LogP contribution in [0.3, 0.4) is 0 Å². The van der Waals surface area contributed by atoms with Gasteiger partial charge in [0.15, 0.2) is 5.76 Å². The van der Waals surface area contributed by atoms with Crippen molar-refractivity contribution in [1.29, 1.82) is 0 Å². The Hall–Kier alpha value is -0.920. The predicted molar refractivity (Wildman–Crippen MR) is 72.1 cm³/mol. The molecule has 1 saturated heterocycles. The van der Waals surface area contributed by atoms with Crippen LogP contribution in [-0.2, 0) is 16.6 Å². The maximum absolute atomic E-state index is 11.6. The second-order valence-electron chi connectivity index (χ2n) is 5.24. The van der Waals surface area contributed by atoms with E-state index in [9.17, 15) is 8.42 Å². The van der Waals surface area contributed by atoms with E-state index in [-0.39, 0.29) is 6.04 Å². The maximum Gasteiger partial charge on any atom is 0.211 e. The molecule has 1 aliphatic heterocycles. The third-order valence-corrected chi connectivity index (χ3v) is 4.92. The quantitative estimate of drug-likeness (QED) is 0.821. The van der Waals surface area contributed by atoms with Gasteiger partial charge < -0.3 is 4.52 Å². The lowest BCUT2D eigenvalue weighted by Gasteiger charge is -2.36. The first-order chi connectivity index (χ1) is 8.86. The summed E-state index contributed by atoms with van der Waals surface area (Å²) in [7, 11) is -1.47. The number of sulfonamides is 1. The van der Waals surface area contributed by atoms with Gasteiger partial charge in [-0.25, -0.2) is 12.7 Å². The zero-order valence-electron chi connectivity index (χ0n) is 11.7. The average Bonchev–Trinajstić information content (AvgIpc) is 2.73. The minimum Gasteiger partial charge on any atom is -0.360 e. The molecule has 1 aliphatic rings. The fourth-order valence-electron chi connectivity index (χ4n) is 2.45. The van der Waals surface area contributed by atoms with E-state index in [1.165, 1.54) is 10.6 Å². The molecule has 1 aromatic rings. The van der Waals surface area contributed by atoms with Crippen LogP contribution >= 0.6 is 0 Å². The van der Waals surface area contributed by atoms with Gasteiger partial charge in [-0.3, -0.25) is 4.90 Å². The van der Waals surface area contributed by atoms with Crippen LogP contribution in [0.2, 0.25) is 0 Å². The van der Waals surface area contributed by atoms with Crippen molar-refractivity contribution in [1.82, 2.24) is 14.4 Å². The molecule has 0 bridgehead atoms. The Morgan fingerprint density at radius 2 is 2.32 bits per heavy atom. The Balaban J connectivity index is 1.97. The van der Waals surface area contributed by atoms with Gasteiger partial charge in [0.1, 0.15) is 0 Å². The lowest BCUT2D eigenvalue weighted by atomic mass is 10.1.